The maximum absolute atomic E-state index is 11.6. The van der Waals surface area contributed by atoms with Crippen LogP contribution in [-0.2, 0) is 16.0 Å². The van der Waals surface area contributed by atoms with Crippen molar-refractivity contribution in [2.24, 2.45) is 0 Å². The van der Waals surface area contributed by atoms with Crippen molar-refractivity contribution in [1.29, 1.82) is 0 Å². The van der Waals surface area contributed by atoms with E-state index in [0.29, 0.717) is 12.8 Å². The highest BCUT2D eigenvalue weighted by Gasteiger charge is 2.16. The van der Waals surface area contributed by atoms with Gasteiger partial charge >= 0.3 is 0 Å². The first-order valence-corrected chi connectivity index (χ1v) is 5.53. The van der Waals surface area contributed by atoms with Gasteiger partial charge in [0, 0.05) is 26.9 Å². The molecule has 0 spiro atoms. The van der Waals surface area contributed by atoms with Gasteiger partial charge in [-0.25, -0.2) is 0 Å². The van der Waals surface area contributed by atoms with E-state index in [4.69, 9.17) is 4.42 Å². The van der Waals surface area contributed by atoms with Crippen LogP contribution >= 0.6 is 0 Å². The molecule has 0 unspecified atom stereocenters. The number of rotatable bonds is 5. The Kier molecular flexibility index (Phi) is 4.75. The molecule has 1 N–H and O–H groups in total. The molecule has 1 aromatic rings. The Bertz CT molecular complexity index is 371. The van der Waals surface area contributed by atoms with E-state index in [1.807, 2.05) is 6.07 Å². The van der Waals surface area contributed by atoms with Crippen molar-refractivity contribution in [2.75, 3.05) is 14.1 Å². The second-order valence-electron chi connectivity index (χ2n) is 4.10. The van der Waals surface area contributed by atoms with E-state index >= 15 is 0 Å². The lowest BCUT2D eigenvalue weighted by atomic mass is 10.2. The molecule has 17 heavy (non-hydrogen) atoms. The van der Waals surface area contributed by atoms with Crippen LogP contribution in [0, 0.1) is 0 Å². The average molecular weight is 238 g/mol. The monoisotopic (exact) mass is 238 g/mol. The van der Waals surface area contributed by atoms with Gasteiger partial charge in [-0.15, -0.1) is 0 Å². The third kappa shape index (κ3) is 4.30. The number of nitrogens with one attached hydrogen (secondary N) is 1. The molecule has 5 heteroatoms. The van der Waals surface area contributed by atoms with Crippen LogP contribution in [0.2, 0.25) is 0 Å². The van der Waals surface area contributed by atoms with Gasteiger partial charge < -0.3 is 14.6 Å². The third-order valence-electron chi connectivity index (χ3n) is 2.37. The number of likely N-dealkylation sites (N-methyl/N-ethyl adjacent to an activating group) is 1. The normalized spacial score (nSPS) is 11.9. The van der Waals surface area contributed by atoms with Crippen LogP contribution in [0.15, 0.2) is 22.8 Å². The molecule has 1 rings (SSSR count). The summed E-state index contributed by atoms with van der Waals surface area (Å²) >= 11 is 0. The van der Waals surface area contributed by atoms with Gasteiger partial charge in [-0.1, -0.05) is 0 Å². The molecular formula is C12H18N2O3. The number of nitrogens with zero attached hydrogens (tertiary/aromatic N) is 1. The van der Waals surface area contributed by atoms with Gasteiger partial charge in [-0.3, -0.25) is 9.59 Å². The van der Waals surface area contributed by atoms with E-state index in [2.05, 4.69) is 5.32 Å². The van der Waals surface area contributed by atoms with Gasteiger partial charge in [-0.05, 0) is 19.1 Å². The minimum Gasteiger partial charge on any atom is -0.469 e. The van der Waals surface area contributed by atoms with Crippen LogP contribution in [-0.4, -0.2) is 36.9 Å². The Morgan fingerprint density at radius 3 is 2.71 bits per heavy atom. The van der Waals surface area contributed by atoms with E-state index in [1.54, 1.807) is 33.3 Å². The zero-order chi connectivity index (χ0) is 12.8. The lowest BCUT2D eigenvalue weighted by molar-refractivity contribution is -0.133. The van der Waals surface area contributed by atoms with E-state index in [9.17, 15) is 9.59 Å². The summed E-state index contributed by atoms with van der Waals surface area (Å²) in [6.07, 6.45) is 2.44. The fourth-order valence-electron chi connectivity index (χ4n) is 1.45. The number of carbonyl (C=O) groups is 2. The lowest BCUT2D eigenvalue weighted by Gasteiger charge is -2.17. The number of carbonyl (C=O) groups excluding carboxylic acids is 2. The number of furan rings is 1. The van der Waals surface area contributed by atoms with Crippen molar-refractivity contribution < 1.29 is 14.0 Å². The maximum Gasteiger partial charge on any atom is 0.244 e. The summed E-state index contributed by atoms with van der Waals surface area (Å²) in [7, 11) is 3.32. The molecule has 0 aliphatic rings. The SMILES string of the molecule is C[C@H](NC(=O)CCc1ccco1)C(=O)N(C)C. The Labute approximate surface area is 101 Å². The van der Waals surface area contributed by atoms with E-state index in [-0.39, 0.29) is 11.8 Å². The van der Waals surface area contributed by atoms with Crippen LogP contribution in [0.1, 0.15) is 19.1 Å². The molecule has 0 saturated carbocycles. The molecule has 5 nitrogen and oxygen atoms in total. The first-order valence-electron chi connectivity index (χ1n) is 5.53. The molecule has 0 aromatic carbocycles. The fourth-order valence-corrected chi connectivity index (χ4v) is 1.45. The molecular weight excluding hydrogens is 220 g/mol. The molecule has 2 amide bonds. The van der Waals surface area contributed by atoms with Gasteiger partial charge in [-0.2, -0.15) is 0 Å². The molecule has 94 valence electrons. The van der Waals surface area contributed by atoms with E-state index in [1.165, 1.54) is 4.90 Å². The average Bonchev–Trinajstić information content (AvgIpc) is 2.77. The van der Waals surface area contributed by atoms with Crippen molar-refractivity contribution in [1.82, 2.24) is 10.2 Å². The standard InChI is InChI=1S/C12H18N2O3/c1-9(12(16)14(2)3)13-11(15)7-6-10-5-4-8-17-10/h4-5,8-9H,6-7H2,1-3H3,(H,13,15)/t9-/m0/s1. The Balaban J connectivity index is 2.32. The molecule has 0 bridgehead atoms. The minimum absolute atomic E-state index is 0.114. The van der Waals surface area contributed by atoms with Crippen molar-refractivity contribution >= 4 is 11.8 Å². The van der Waals surface area contributed by atoms with Crippen LogP contribution in [0.5, 0.6) is 0 Å². The topological polar surface area (TPSA) is 62.6 Å². The number of hydrogen-bond donors (Lipinski definition) is 1. The highest BCUT2D eigenvalue weighted by Crippen LogP contribution is 2.03. The van der Waals surface area contributed by atoms with Crippen molar-refractivity contribution in [2.45, 2.75) is 25.8 Å². The predicted octanol–water partition coefficient (Wildman–Crippen LogP) is 0.805. The highest BCUT2D eigenvalue weighted by atomic mass is 16.3. The molecule has 0 radical (unpaired) electrons. The molecule has 0 aliphatic carbocycles. The van der Waals surface area contributed by atoms with Gasteiger partial charge in [0.25, 0.3) is 0 Å². The molecule has 0 fully saturated rings. The molecule has 1 heterocycles. The summed E-state index contributed by atoms with van der Waals surface area (Å²) in [4.78, 5) is 24.5. The molecule has 0 aliphatic heterocycles. The summed E-state index contributed by atoms with van der Waals surface area (Å²) in [5, 5.41) is 2.65. The van der Waals surface area contributed by atoms with Crippen LogP contribution in [0.4, 0.5) is 0 Å². The summed E-state index contributed by atoms with van der Waals surface area (Å²) in [5.41, 5.74) is 0. The number of aryl methyl sites for hydroxylation is 1. The predicted molar refractivity (Wildman–Crippen MR) is 63.3 cm³/mol. The Morgan fingerprint density at radius 1 is 1.47 bits per heavy atom. The van der Waals surface area contributed by atoms with Crippen molar-refractivity contribution in [3.05, 3.63) is 24.2 Å². The quantitative estimate of drug-likeness (QED) is 0.825. The van der Waals surface area contributed by atoms with Crippen molar-refractivity contribution in [3.8, 4) is 0 Å². The largest absolute Gasteiger partial charge is 0.469 e. The smallest absolute Gasteiger partial charge is 0.244 e. The summed E-state index contributed by atoms with van der Waals surface area (Å²) < 4.78 is 5.12. The van der Waals surface area contributed by atoms with Crippen molar-refractivity contribution in [3.63, 3.8) is 0 Å². The fraction of sp³-hybridized carbons (Fsp3) is 0.500. The van der Waals surface area contributed by atoms with Gasteiger partial charge in [0.15, 0.2) is 0 Å². The zero-order valence-corrected chi connectivity index (χ0v) is 10.4. The third-order valence-corrected chi connectivity index (χ3v) is 2.37. The van der Waals surface area contributed by atoms with Gasteiger partial charge in [0.2, 0.25) is 11.8 Å². The van der Waals surface area contributed by atoms with Gasteiger partial charge in [0.05, 0.1) is 6.26 Å². The summed E-state index contributed by atoms with van der Waals surface area (Å²) in [6, 6.07) is 3.11. The summed E-state index contributed by atoms with van der Waals surface area (Å²) in [5.74, 6) is 0.507. The molecule has 1 aromatic heterocycles. The Morgan fingerprint density at radius 2 is 2.18 bits per heavy atom. The highest BCUT2D eigenvalue weighted by molar-refractivity contribution is 5.87. The van der Waals surface area contributed by atoms with Crippen LogP contribution in [0.25, 0.3) is 0 Å². The maximum atomic E-state index is 11.6. The number of amides is 2. The zero-order valence-electron chi connectivity index (χ0n) is 10.4. The van der Waals surface area contributed by atoms with E-state index < -0.39 is 6.04 Å². The second-order valence-corrected chi connectivity index (χ2v) is 4.10. The van der Waals surface area contributed by atoms with Gasteiger partial charge in [0.1, 0.15) is 11.8 Å². The first-order chi connectivity index (χ1) is 8.00. The lowest BCUT2D eigenvalue weighted by Crippen LogP contribution is -2.44. The second kappa shape index (κ2) is 6.08. The Hall–Kier alpha value is -1.78. The minimum atomic E-state index is -0.492. The molecule has 1 atom stereocenters. The van der Waals surface area contributed by atoms with E-state index in [0.717, 1.165) is 5.76 Å². The first kappa shape index (κ1) is 13.3. The molecule has 0 saturated heterocycles. The summed E-state index contributed by atoms with van der Waals surface area (Å²) in [6.45, 7) is 1.67. The van der Waals surface area contributed by atoms with Crippen LogP contribution < -0.4 is 5.32 Å². The number of hydrogen-bond acceptors (Lipinski definition) is 3. The van der Waals surface area contributed by atoms with Crippen LogP contribution in [0.3, 0.4) is 0 Å².